The summed E-state index contributed by atoms with van der Waals surface area (Å²) in [6.07, 6.45) is -4.70. The van der Waals surface area contributed by atoms with E-state index < -0.39 is 23.6 Å². The van der Waals surface area contributed by atoms with Crippen LogP contribution >= 0.6 is 0 Å². The minimum absolute atomic E-state index is 0.0300. The number of hydrogen-bond donors (Lipinski definition) is 1. The first-order valence-electron chi connectivity index (χ1n) is 6.81. The number of nitrogens with two attached hydrogens (primary N) is 1. The van der Waals surface area contributed by atoms with Crippen molar-refractivity contribution >= 4 is 5.97 Å². The average molecular weight is 303 g/mol. The summed E-state index contributed by atoms with van der Waals surface area (Å²) in [5.74, 6) is -0.902. The van der Waals surface area contributed by atoms with Crippen molar-refractivity contribution in [1.29, 1.82) is 0 Å². The summed E-state index contributed by atoms with van der Waals surface area (Å²) in [5.41, 5.74) is 4.27. The van der Waals surface area contributed by atoms with Crippen LogP contribution in [0, 0.1) is 5.41 Å². The van der Waals surface area contributed by atoms with Crippen LogP contribution < -0.4 is 5.73 Å². The second kappa shape index (κ2) is 6.93. The summed E-state index contributed by atoms with van der Waals surface area (Å²) in [5, 5.41) is 0. The van der Waals surface area contributed by atoms with Crippen LogP contribution in [0.2, 0.25) is 0 Å². The fourth-order valence-electron chi connectivity index (χ4n) is 2.29. The molecule has 1 aromatic carbocycles. The number of esters is 1. The molecule has 1 aromatic rings. The van der Waals surface area contributed by atoms with Gasteiger partial charge in [0.25, 0.3) is 0 Å². The van der Waals surface area contributed by atoms with E-state index in [4.69, 9.17) is 10.5 Å². The number of benzene rings is 1. The van der Waals surface area contributed by atoms with E-state index in [1.807, 2.05) is 0 Å². The van der Waals surface area contributed by atoms with Crippen LogP contribution in [0.5, 0.6) is 0 Å². The molecule has 6 heteroatoms. The zero-order chi connectivity index (χ0) is 16.1. The maximum Gasteiger partial charge on any atom is 0.404 e. The van der Waals surface area contributed by atoms with E-state index in [1.165, 1.54) is 13.8 Å². The van der Waals surface area contributed by atoms with Crippen molar-refractivity contribution in [2.75, 3.05) is 0 Å². The fourth-order valence-corrected chi connectivity index (χ4v) is 2.29. The third-order valence-electron chi connectivity index (χ3n) is 3.83. The monoisotopic (exact) mass is 303 g/mol. The lowest BCUT2D eigenvalue weighted by molar-refractivity contribution is -0.195. The second-order valence-corrected chi connectivity index (χ2v) is 4.94. The van der Waals surface area contributed by atoms with Gasteiger partial charge < -0.3 is 10.5 Å². The molecule has 118 valence electrons. The molecule has 0 heterocycles. The third kappa shape index (κ3) is 3.97. The number of carbonyl (C=O) groups is 1. The Morgan fingerprint density at radius 2 is 1.71 bits per heavy atom. The smallest absolute Gasteiger partial charge is 0.404 e. The molecule has 0 unspecified atom stereocenters. The topological polar surface area (TPSA) is 52.3 Å². The van der Waals surface area contributed by atoms with Crippen molar-refractivity contribution in [2.45, 2.75) is 45.5 Å². The normalized spacial score (nSPS) is 13.8. The van der Waals surface area contributed by atoms with E-state index in [-0.39, 0.29) is 19.4 Å². The first-order valence-corrected chi connectivity index (χ1v) is 6.81. The third-order valence-corrected chi connectivity index (χ3v) is 3.83. The number of hydrogen-bond acceptors (Lipinski definition) is 3. The number of carbonyl (C=O) groups excluding carboxylic acids is 1. The zero-order valence-electron chi connectivity index (χ0n) is 12.1. The number of ether oxygens (including phenoxy) is 1. The lowest BCUT2D eigenvalue weighted by atomic mass is 9.75. The second-order valence-electron chi connectivity index (χ2n) is 4.94. The van der Waals surface area contributed by atoms with E-state index in [2.05, 4.69) is 0 Å². The van der Waals surface area contributed by atoms with Gasteiger partial charge in [-0.1, -0.05) is 44.2 Å². The van der Waals surface area contributed by atoms with Crippen LogP contribution in [-0.2, 0) is 16.1 Å². The van der Waals surface area contributed by atoms with Gasteiger partial charge in [0.2, 0.25) is 0 Å². The van der Waals surface area contributed by atoms with Gasteiger partial charge >= 0.3 is 12.1 Å². The molecular formula is C15H20F3NO2. The van der Waals surface area contributed by atoms with E-state index in [1.54, 1.807) is 30.3 Å². The maximum absolute atomic E-state index is 12.9. The molecule has 1 rings (SSSR count). The van der Waals surface area contributed by atoms with Crippen molar-refractivity contribution in [1.82, 2.24) is 0 Å². The Labute approximate surface area is 122 Å². The summed E-state index contributed by atoms with van der Waals surface area (Å²) in [7, 11) is 0. The molecule has 0 aliphatic carbocycles. The molecule has 0 radical (unpaired) electrons. The number of halogens is 3. The molecule has 1 atom stereocenters. The number of alkyl halides is 3. The van der Waals surface area contributed by atoms with Gasteiger partial charge in [0.05, 0.1) is 5.41 Å². The first-order chi connectivity index (χ1) is 9.78. The summed E-state index contributed by atoms with van der Waals surface area (Å²) < 4.78 is 43.8. The molecule has 0 saturated heterocycles. The van der Waals surface area contributed by atoms with Crippen molar-refractivity contribution in [3.05, 3.63) is 35.9 Å². The molecule has 0 aromatic heterocycles. The van der Waals surface area contributed by atoms with Gasteiger partial charge in [0, 0.05) is 0 Å². The lowest BCUT2D eigenvalue weighted by Crippen LogP contribution is -2.55. The summed E-state index contributed by atoms with van der Waals surface area (Å²) in [6.45, 7) is 2.96. The van der Waals surface area contributed by atoms with Gasteiger partial charge in [0.1, 0.15) is 12.6 Å². The highest BCUT2D eigenvalue weighted by Crippen LogP contribution is 2.39. The van der Waals surface area contributed by atoms with Gasteiger partial charge in [0.15, 0.2) is 0 Å². The molecule has 0 spiro atoms. The molecule has 21 heavy (non-hydrogen) atoms. The highest BCUT2D eigenvalue weighted by atomic mass is 19.4. The van der Waals surface area contributed by atoms with Crippen molar-refractivity contribution in [2.24, 2.45) is 11.1 Å². The van der Waals surface area contributed by atoms with E-state index >= 15 is 0 Å². The number of rotatable bonds is 6. The predicted molar refractivity (Wildman–Crippen MR) is 73.3 cm³/mol. The Hall–Kier alpha value is -1.56. The van der Waals surface area contributed by atoms with E-state index in [0.29, 0.717) is 5.56 Å². The molecule has 0 fully saturated rings. The Kier molecular flexibility index (Phi) is 5.78. The average Bonchev–Trinajstić information content (AvgIpc) is 2.47. The highest BCUT2D eigenvalue weighted by Gasteiger charge is 2.54. The summed E-state index contributed by atoms with van der Waals surface area (Å²) in [6, 6.07) is 6.55. The highest BCUT2D eigenvalue weighted by molar-refractivity contribution is 5.78. The van der Waals surface area contributed by atoms with Crippen LogP contribution in [0.15, 0.2) is 30.3 Å². The SMILES string of the molecule is CCC(CC)(C(=O)OCc1ccccc1)[C@H](N)C(F)(F)F. The summed E-state index contributed by atoms with van der Waals surface area (Å²) >= 11 is 0. The van der Waals surface area contributed by atoms with E-state index in [9.17, 15) is 18.0 Å². The van der Waals surface area contributed by atoms with Crippen molar-refractivity contribution < 1.29 is 22.7 Å². The largest absolute Gasteiger partial charge is 0.460 e. The van der Waals surface area contributed by atoms with Crippen molar-refractivity contribution in [3.63, 3.8) is 0 Å². The standard InChI is InChI=1S/C15H20F3NO2/c1-3-14(4-2,12(19)15(16,17)18)13(20)21-10-11-8-6-5-7-9-11/h5-9,12H,3-4,10,19H2,1-2H3/t12-/m0/s1. The van der Waals surface area contributed by atoms with Gasteiger partial charge in [-0.25, -0.2) is 0 Å². The molecule has 0 bridgehead atoms. The van der Waals surface area contributed by atoms with Crippen LogP contribution in [0.4, 0.5) is 13.2 Å². The Morgan fingerprint density at radius 3 is 2.14 bits per heavy atom. The Balaban J connectivity index is 2.87. The molecule has 0 amide bonds. The quantitative estimate of drug-likeness (QED) is 0.819. The van der Waals surface area contributed by atoms with Gasteiger partial charge in [-0.2, -0.15) is 13.2 Å². The molecule has 0 saturated carbocycles. The zero-order valence-corrected chi connectivity index (χ0v) is 12.1. The summed E-state index contributed by atoms with van der Waals surface area (Å²) in [4.78, 5) is 12.2. The molecular weight excluding hydrogens is 283 g/mol. The molecule has 3 nitrogen and oxygen atoms in total. The fraction of sp³-hybridized carbons (Fsp3) is 0.533. The van der Waals surface area contributed by atoms with Gasteiger partial charge in [-0.3, -0.25) is 4.79 Å². The lowest BCUT2D eigenvalue weighted by Gasteiger charge is -2.35. The first kappa shape index (κ1) is 17.5. The minimum atomic E-state index is -4.64. The van der Waals surface area contributed by atoms with Crippen LogP contribution in [0.25, 0.3) is 0 Å². The van der Waals surface area contributed by atoms with Gasteiger partial charge in [-0.05, 0) is 18.4 Å². The maximum atomic E-state index is 12.9. The Bertz CT molecular complexity index is 456. The molecule has 0 aliphatic heterocycles. The van der Waals surface area contributed by atoms with Gasteiger partial charge in [-0.15, -0.1) is 0 Å². The van der Waals surface area contributed by atoms with Crippen LogP contribution in [-0.4, -0.2) is 18.2 Å². The van der Waals surface area contributed by atoms with Crippen LogP contribution in [0.3, 0.4) is 0 Å². The molecule has 0 aliphatic rings. The Morgan fingerprint density at radius 1 is 1.19 bits per heavy atom. The minimum Gasteiger partial charge on any atom is -0.460 e. The predicted octanol–water partition coefficient (Wildman–Crippen LogP) is 3.43. The van der Waals surface area contributed by atoms with Crippen LogP contribution in [0.1, 0.15) is 32.3 Å². The van der Waals surface area contributed by atoms with E-state index in [0.717, 1.165) is 0 Å². The molecule has 2 N–H and O–H groups in total. The van der Waals surface area contributed by atoms with Crippen molar-refractivity contribution in [3.8, 4) is 0 Å².